The Balaban J connectivity index is 1.76. The van der Waals surface area contributed by atoms with E-state index in [4.69, 9.17) is 4.74 Å². The van der Waals surface area contributed by atoms with Gasteiger partial charge >= 0.3 is 0 Å². The maximum atomic E-state index is 12.4. The Morgan fingerprint density at radius 3 is 2.64 bits per heavy atom. The first-order chi connectivity index (χ1) is 13.3. The minimum atomic E-state index is -3.68. The van der Waals surface area contributed by atoms with Gasteiger partial charge in [-0.2, -0.15) is 0 Å². The van der Waals surface area contributed by atoms with Crippen LogP contribution in [0.1, 0.15) is 46.0 Å². The highest BCUT2D eigenvalue weighted by Gasteiger charge is 2.29. The molecule has 1 aliphatic heterocycles. The summed E-state index contributed by atoms with van der Waals surface area (Å²) in [5.41, 5.74) is 0.401. The molecule has 0 spiro atoms. The highest BCUT2D eigenvalue weighted by atomic mass is 32.2. The van der Waals surface area contributed by atoms with Gasteiger partial charge in [-0.3, -0.25) is 14.5 Å². The zero-order chi connectivity index (χ0) is 20.3. The van der Waals surface area contributed by atoms with Crippen LogP contribution in [-0.4, -0.2) is 45.5 Å². The zero-order valence-corrected chi connectivity index (χ0v) is 17.0. The van der Waals surface area contributed by atoms with Crippen LogP contribution in [0.15, 0.2) is 23.1 Å². The molecule has 1 aromatic carbocycles. The third-order valence-electron chi connectivity index (χ3n) is 4.85. The average Bonchev–Trinajstić information content (AvgIpc) is 2.63. The molecular weight excluding hydrogens is 382 g/mol. The minimum Gasteiger partial charge on any atom is -0.482 e. The Kier molecular flexibility index (Phi) is 6.24. The summed E-state index contributed by atoms with van der Waals surface area (Å²) < 4.78 is 32.7. The van der Waals surface area contributed by atoms with E-state index in [0.29, 0.717) is 5.69 Å². The maximum Gasteiger partial charge on any atom is 0.265 e. The standard InChI is InChI=1S/C19H27N3O5S/c1-13(2)21-28(25,26)15-8-9-16-17(10-15)27-12-19(24)22(16)11-18(23)20-14-6-4-3-5-7-14/h8-10,13-14,21H,3-7,11-12H2,1-2H3,(H,20,23). The Labute approximate surface area is 165 Å². The topological polar surface area (TPSA) is 105 Å². The summed E-state index contributed by atoms with van der Waals surface area (Å²) in [6.45, 7) is 3.13. The van der Waals surface area contributed by atoms with Crippen LogP contribution in [0, 0.1) is 0 Å². The van der Waals surface area contributed by atoms with E-state index in [1.807, 2.05) is 0 Å². The molecule has 2 aliphatic rings. The zero-order valence-electron chi connectivity index (χ0n) is 16.2. The third kappa shape index (κ3) is 4.82. The van der Waals surface area contributed by atoms with Gasteiger partial charge in [0, 0.05) is 18.2 Å². The van der Waals surface area contributed by atoms with Gasteiger partial charge in [-0.05, 0) is 38.8 Å². The number of ether oxygens (including phenoxy) is 1. The molecule has 0 aromatic heterocycles. The van der Waals surface area contributed by atoms with Gasteiger partial charge in [0.15, 0.2) is 6.61 Å². The van der Waals surface area contributed by atoms with E-state index < -0.39 is 10.0 Å². The van der Waals surface area contributed by atoms with E-state index in [-0.39, 0.29) is 47.7 Å². The number of amides is 2. The second-order valence-corrected chi connectivity index (χ2v) is 9.29. The summed E-state index contributed by atoms with van der Waals surface area (Å²) in [5.74, 6) is -0.273. The maximum absolute atomic E-state index is 12.4. The molecule has 0 saturated heterocycles. The van der Waals surface area contributed by atoms with Crippen LogP contribution in [0.5, 0.6) is 5.75 Å². The molecule has 0 radical (unpaired) electrons. The molecular formula is C19H27N3O5S. The molecule has 3 rings (SSSR count). The lowest BCUT2D eigenvalue weighted by Crippen LogP contribution is -2.47. The number of sulfonamides is 1. The van der Waals surface area contributed by atoms with Crippen molar-refractivity contribution >= 4 is 27.5 Å². The van der Waals surface area contributed by atoms with Gasteiger partial charge in [0.1, 0.15) is 12.3 Å². The highest BCUT2D eigenvalue weighted by molar-refractivity contribution is 7.89. The van der Waals surface area contributed by atoms with Gasteiger partial charge in [-0.25, -0.2) is 13.1 Å². The van der Waals surface area contributed by atoms with Crippen LogP contribution in [0.3, 0.4) is 0 Å². The second-order valence-electron chi connectivity index (χ2n) is 7.58. The molecule has 9 heteroatoms. The van der Waals surface area contributed by atoms with Crippen LogP contribution in [0.2, 0.25) is 0 Å². The molecule has 2 N–H and O–H groups in total. The third-order valence-corrected chi connectivity index (χ3v) is 6.50. The van der Waals surface area contributed by atoms with Crippen LogP contribution >= 0.6 is 0 Å². The lowest BCUT2D eigenvalue weighted by Gasteiger charge is -2.30. The van der Waals surface area contributed by atoms with Crippen molar-refractivity contribution in [1.29, 1.82) is 0 Å². The summed E-state index contributed by atoms with van der Waals surface area (Å²) >= 11 is 0. The van der Waals surface area contributed by atoms with Crippen molar-refractivity contribution in [3.63, 3.8) is 0 Å². The van der Waals surface area contributed by atoms with Crippen molar-refractivity contribution in [3.05, 3.63) is 18.2 Å². The summed E-state index contributed by atoms with van der Waals surface area (Å²) in [5, 5.41) is 3.00. The molecule has 2 amide bonds. The molecule has 0 unspecified atom stereocenters. The van der Waals surface area contributed by atoms with Crippen LogP contribution in [0.25, 0.3) is 0 Å². The second kappa shape index (κ2) is 8.48. The Bertz CT molecular complexity index is 847. The van der Waals surface area contributed by atoms with Crippen molar-refractivity contribution in [2.75, 3.05) is 18.1 Å². The predicted molar refractivity (Wildman–Crippen MR) is 105 cm³/mol. The molecule has 154 valence electrons. The van der Waals surface area contributed by atoms with Crippen molar-refractivity contribution < 1.29 is 22.7 Å². The number of nitrogens with one attached hydrogen (secondary N) is 2. The van der Waals surface area contributed by atoms with E-state index in [2.05, 4.69) is 10.0 Å². The molecule has 1 heterocycles. The quantitative estimate of drug-likeness (QED) is 0.742. The Morgan fingerprint density at radius 2 is 1.96 bits per heavy atom. The molecule has 28 heavy (non-hydrogen) atoms. The highest BCUT2D eigenvalue weighted by Crippen LogP contribution is 2.34. The number of carbonyl (C=O) groups excluding carboxylic acids is 2. The first kappa shape index (κ1) is 20.6. The average molecular weight is 410 g/mol. The lowest BCUT2D eigenvalue weighted by atomic mass is 9.95. The molecule has 1 aliphatic carbocycles. The minimum absolute atomic E-state index is 0.0564. The summed E-state index contributed by atoms with van der Waals surface area (Å²) in [7, 11) is -3.68. The fourth-order valence-electron chi connectivity index (χ4n) is 3.57. The lowest BCUT2D eigenvalue weighted by molar-refractivity contribution is -0.125. The SMILES string of the molecule is CC(C)NS(=O)(=O)c1ccc2c(c1)OCC(=O)N2CC(=O)NC1CCCCC1. The van der Waals surface area contributed by atoms with E-state index in [1.54, 1.807) is 13.8 Å². The van der Waals surface area contributed by atoms with Gasteiger partial charge < -0.3 is 10.1 Å². The molecule has 0 atom stereocenters. The van der Waals surface area contributed by atoms with Crippen LogP contribution < -0.4 is 19.7 Å². The largest absolute Gasteiger partial charge is 0.482 e. The monoisotopic (exact) mass is 409 g/mol. The van der Waals surface area contributed by atoms with Crippen LogP contribution in [-0.2, 0) is 19.6 Å². The summed E-state index contributed by atoms with van der Waals surface area (Å²) in [6, 6.07) is 4.22. The first-order valence-electron chi connectivity index (χ1n) is 9.65. The van der Waals surface area contributed by atoms with Gasteiger partial charge in [0.05, 0.1) is 10.6 Å². The van der Waals surface area contributed by atoms with Crippen molar-refractivity contribution in [3.8, 4) is 5.75 Å². The van der Waals surface area contributed by atoms with E-state index in [1.165, 1.54) is 29.5 Å². The van der Waals surface area contributed by atoms with E-state index >= 15 is 0 Å². The normalized spacial score (nSPS) is 18.0. The molecule has 0 bridgehead atoms. The van der Waals surface area contributed by atoms with E-state index in [0.717, 1.165) is 25.7 Å². The first-order valence-corrected chi connectivity index (χ1v) is 11.1. The number of rotatable bonds is 6. The van der Waals surface area contributed by atoms with Crippen LogP contribution in [0.4, 0.5) is 5.69 Å². The number of benzene rings is 1. The summed E-state index contributed by atoms with van der Waals surface area (Å²) in [4.78, 5) is 26.1. The fraction of sp³-hybridized carbons (Fsp3) is 0.579. The number of anilines is 1. The number of carbonyl (C=O) groups is 2. The molecule has 1 saturated carbocycles. The number of nitrogens with zero attached hydrogens (tertiary/aromatic N) is 1. The van der Waals surface area contributed by atoms with E-state index in [9.17, 15) is 18.0 Å². The van der Waals surface area contributed by atoms with Gasteiger partial charge in [-0.1, -0.05) is 19.3 Å². The predicted octanol–water partition coefficient (Wildman–Crippen LogP) is 1.55. The number of hydrogen-bond donors (Lipinski definition) is 2. The number of fused-ring (bicyclic) bond motifs is 1. The Hall–Kier alpha value is -2.13. The van der Waals surface area contributed by atoms with Gasteiger partial charge in [0.25, 0.3) is 5.91 Å². The fourth-order valence-corrected chi connectivity index (χ4v) is 4.83. The smallest absolute Gasteiger partial charge is 0.265 e. The van der Waals surface area contributed by atoms with Crippen molar-refractivity contribution in [2.45, 2.75) is 62.9 Å². The van der Waals surface area contributed by atoms with Gasteiger partial charge in [-0.15, -0.1) is 0 Å². The van der Waals surface area contributed by atoms with Gasteiger partial charge in [0.2, 0.25) is 15.9 Å². The van der Waals surface area contributed by atoms with Crippen molar-refractivity contribution in [1.82, 2.24) is 10.0 Å². The molecule has 1 aromatic rings. The Morgan fingerprint density at radius 1 is 1.25 bits per heavy atom. The summed E-state index contributed by atoms with van der Waals surface area (Å²) in [6.07, 6.45) is 5.32. The molecule has 8 nitrogen and oxygen atoms in total. The number of hydrogen-bond acceptors (Lipinski definition) is 5. The molecule has 1 fully saturated rings. The van der Waals surface area contributed by atoms with Crippen molar-refractivity contribution in [2.24, 2.45) is 0 Å².